The second-order valence-corrected chi connectivity index (χ2v) is 6.92. The molecule has 2 aromatic heterocycles. The molecule has 156 valence electrons. The zero-order valence-electron chi connectivity index (χ0n) is 17.0. The van der Waals surface area contributed by atoms with E-state index < -0.39 is 5.97 Å². The molecule has 0 radical (unpaired) electrons. The summed E-state index contributed by atoms with van der Waals surface area (Å²) in [4.78, 5) is 29.3. The van der Waals surface area contributed by atoms with E-state index in [1.807, 2.05) is 26.0 Å². The van der Waals surface area contributed by atoms with Crippen LogP contribution in [-0.4, -0.2) is 45.4 Å². The number of carbonyl (C=O) groups is 2. The Hall–Kier alpha value is -3.88. The van der Waals surface area contributed by atoms with Crippen LogP contribution in [0.25, 0.3) is 0 Å². The number of aliphatic carboxylic acids is 1. The van der Waals surface area contributed by atoms with Crippen molar-refractivity contribution in [3.63, 3.8) is 0 Å². The highest BCUT2D eigenvalue weighted by atomic mass is 16.5. The number of nitrogens with zero attached hydrogens (tertiary/aromatic N) is 4. The highest BCUT2D eigenvalue weighted by Gasteiger charge is 2.20. The molecular weight excluding hydrogens is 386 g/mol. The van der Waals surface area contributed by atoms with Crippen molar-refractivity contribution >= 4 is 23.4 Å². The normalized spacial score (nSPS) is 10.6. The summed E-state index contributed by atoms with van der Waals surface area (Å²) in [6.45, 7) is 3.77. The average Bonchev–Trinajstić information content (AvgIpc) is 3.14. The number of hydrogen-bond donors (Lipinski definition) is 2. The second kappa shape index (κ2) is 8.64. The van der Waals surface area contributed by atoms with Crippen LogP contribution in [0.2, 0.25) is 0 Å². The third-order valence-corrected chi connectivity index (χ3v) is 4.53. The summed E-state index contributed by atoms with van der Waals surface area (Å²) in [5.74, 6) is -0.335. The van der Waals surface area contributed by atoms with Crippen LogP contribution >= 0.6 is 0 Å². The van der Waals surface area contributed by atoms with E-state index in [4.69, 9.17) is 15.6 Å². The van der Waals surface area contributed by atoms with Crippen LogP contribution in [0, 0.1) is 13.8 Å². The van der Waals surface area contributed by atoms with Crippen LogP contribution < -0.4 is 15.4 Å². The van der Waals surface area contributed by atoms with Gasteiger partial charge in [-0.05, 0) is 43.2 Å². The van der Waals surface area contributed by atoms with Crippen molar-refractivity contribution in [1.82, 2.24) is 14.8 Å². The molecule has 0 saturated heterocycles. The van der Waals surface area contributed by atoms with E-state index in [0.29, 0.717) is 29.4 Å². The van der Waals surface area contributed by atoms with Gasteiger partial charge in [-0.2, -0.15) is 5.10 Å². The number of hydrogen-bond acceptors (Lipinski definition) is 6. The number of carbonyl (C=O) groups excluding carboxylic acids is 1. The van der Waals surface area contributed by atoms with E-state index in [1.54, 1.807) is 41.0 Å². The molecule has 9 heteroatoms. The smallest absolute Gasteiger partial charge is 0.341 e. The van der Waals surface area contributed by atoms with Gasteiger partial charge in [0.25, 0.3) is 5.91 Å². The third-order valence-electron chi connectivity index (χ3n) is 4.53. The van der Waals surface area contributed by atoms with Gasteiger partial charge in [-0.3, -0.25) is 9.48 Å². The van der Waals surface area contributed by atoms with Crippen molar-refractivity contribution < 1.29 is 19.4 Å². The first-order chi connectivity index (χ1) is 14.2. The fourth-order valence-corrected chi connectivity index (χ4v) is 3.24. The molecule has 30 heavy (non-hydrogen) atoms. The Morgan fingerprint density at radius 2 is 1.93 bits per heavy atom. The molecule has 3 N–H and O–H groups in total. The van der Waals surface area contributed by atoms with Crippen molar-refractivity contribution in [3.05, 3.63) is 65.1 Å². The second-order valence-electron chi connectivity index (χ2n) is 6.92. The average molecular weight is 409 g/mol. The quantitative estimate of drug-likeness (QED) is 0.613. The van der Waals surface area contributed by atoms with E-state index in [2.05, 4.69) is 10.1 Å². The number of rotatable bonds is 7. The van der Waals surface area contributed by atoms with Gasteiger partial charge in [-0.15, -0.1) is 0 Å². The van der Waals surface area contributed by atoms with E-state index in [-0.39, 0.29) is 12.5 Å². The number of pyridine rings is 1. The minimum atomic E-state index is -1.03. The van der Waals surface area contributed by atoms with Gasteiger partial charge >= 0.3 is 5.97 Å². The number of ether oxygens (including phenoxy) is 1. The van der Waals surface area contributed by atoms with E-state index in [0.717, 1.165) is 16.8 Å². The van der Waals surface area contributed by atoms with E-state index >= 15 is 0 Å². The Morgan fingerprint density at radius 1 is 1.23 bits per heavy atom. The molecular formula is C21H23N5O4. The summed E-state index contributed by atoms with van der Waals surface area (Å²) in [5, 5.41) is 12.9. The van der Waals surface area contributed by atoms with E-state index in [1.165, 1.54) is 6.20 Å². The predicted octanol–water partition coefficient (Wildman–Crippen LogP) is 2.27. The number of amides is 1. The minimum Gasteiger partial charge on any atom is -0.482 e. The molecule has 0 aliphatic carbocycles. The molecule has 3 rings (SSSR count). The maximum atomic E-state index is 12.9. The first-order valence-corrected chi connectivity index (χ1v) is 9.22. The number of nitrogen functional groups attached to an aromatic ring is 1. The maximum Gasteiger partial charge on any atom is 0.341 e. The molecule has 0 spiro atoms. The number of carboxylic acid groups (broad SMARTS) is 1. The van der Waals surface area contributed by atoms with Crippen molar-refractivity contribution in [2.75, 3.05) is 24.3 Å². The van der Waals surface area contributed by atoms with Gasteiger partial charge in [0.2, 0.25) is 0 Å². The van der Waals surface area contributed by atoms with Crippen LogP contribution in [0.1, 0.15) is 27.2 Å². The number of anilines is 2. The molecule has 1 amide bonds. The van der Waals surface area contributed by atoms with Crippen molar-refractivity contribution in [3.8, 4) is 5.75 Å². The molecule has 2 heterocycles. The lowest BCUT2D eigenvalue weighted by Crippen LogP contribution is -2.27. The third kappa shape index (κ3) is 4.75. The Balaban J connectivity index is 1.70. The lowest BCUT2D eigenvalue weighted by molar-refractivity contribution is -0.139. The fourth-order valence-electron chi connectivity index (χ4n) is 3.24. The standard InChI is InChI=1S/C21H23N5O4/c1-13-8-18(22)24-14(2)20(13)25(3)21(29)16-9-23-26(11-16)10-15-4-6-17(7-5-15)30-12-19(27)28/h4-9,11H,10,12H2,1-3H3,(H2,22,24)(H,27,28). The molecule has 0 aliphatic rings. The van der Waals surface area contributed by atoms with Crippen LogP contribution in [0.4, 0.5) is 11.5 Å². The molecule has 1 aromatic carbocycles. The number of aryl methyl sites for hydroxylation is 2. The number of nitrogens with two attached hydrogens (primary N) is 1. The summed E-state index contributed by atoms with van der Waals surface area (Å²) >= 11 is 0. The molecule has 0 unspecified atom stereocenters. The lowest BCUT2D eigenvalue weighted by atomic mass is 10.1. The van der Waals surface area contributed by atoms with Crippen molar-refractivity contribution in [1.29, 1.82) is 0 Å². The Morgan fingerprint density at radius 3 is 2.57 bits per heavy atom. The van der Waals surface area contributed by atoms with Gasteiger partial charge < -0.3 is 20.5 Å². The highest BCUT2D eigenvalue weighted by molar-refractivity contribution is 6.06. The van der Waals surface area contributed by atoms with Crippen LogP contribution in [0.3, 0.4) is 0 Å². The Labute approximate surface area is 173 Å². The summed E-state index contributed by atoms with van der Waals surface area (Å²) in [7, 11) is 1.70. The first kappa shape index (κ1) is 20.8. The van der Waals surface area contributed by atoms with E-state index in [9.17, 15) is 9.59 Å². The molecule has 0 saturated carbocycles. The van der Waals surface area contributed by atoms with Crippen molar-refractivity contribution in [2.45, 2.75) is 20.4 Å². The fraction of sp³-hybridized carbons (Fsp3) is 0.238. The molecule has 0 fully saturated rings. The first-order valence-electron chi connectivity index (χ1n) is 9.22. The lowest BCUT2D eigenvalue weighted by Gasteiger charge is -2.21. The van der Waals surface area contributed by atoms with Crippen molar-refractivity contribution in [2.24, 2.45) is 0 Å². The van der Waals surface area contributed by atoms with Crippen LogP contribution in [0.15, 0.2) is 42.7 Å². The number of benzene rings is 1. The topological polar surface area (TPSA) is 124 Å². The van der Waals surface area contributed by atoms with Gasteiger partial charge in [0.05, 0.1) is 29.7 Å². The maximum absolute atomic E-state index is 12.9. The Kier molecular flexibility index (Phi) is 6.01. The van der Waals surface area contributed by atoms with Gasteiger partial charge in [-0.1, -0.05) is 12.1 Å². The largest absolute Gasteiger partial charge is 0.482 e. The number of carboxylic acids is 1. The molecule has 0 bridgehead atoms. The monoisotopic (exact) mass is 409 g/mol. The summed E-state index contributed by atoms with van der Waals surface area (Å²) in [6, 6.07) is 8.76. The predicted molar refractivity (Wildman–Crippen MR) is 112 cm³/mol. The van der Waals surface area contributed by atoms with Crippen LogP contribution in [-0.2, 0) is 11.3 Å². The zero-order valence-corrected chi connectivity index (χ0v) is 17.0. The van der Waals surface area contributed by atoms with Gasteiger partial charge in [0.15, 0.2) is 6.61 Å². The Bertz CT molecular complexity index is 1050. The van der Waals surface area contributed by atoms with Gasteiger partial charge in [-0.25, -0.2) is 9.78 Å². The van der Waals surface area contributed by atoms with Crippen LogP contribution in [0.5, 0.6) is 5.75 Å². The summed E-state index contributed by atoms with van der Waals surface area (Å²) in [5.41, 5.74) is 9.43. The van der Waals surface area contributed by atoms with Gasteiger partial charge in [0, 0.05) is 13.2 Å². The summed E-state index contributed by atoms with van der Waals surface area (Å²) < 4.78 is 6.78. The van der Waals surface area contributed by atoms with Gasteiger partial charge in [0.1, 0.15) is 11.6 Å². The molecule has 0 aliphatic heterocycles. The highest BCUT2D eigenvalue weighted by Crippen LogP contribution is 2.25. The minimum absolute atomic E-state index is 0.198. The molecule has 3 aromatic rings. The summed E-state index contributed by atoms with van der Waals surface area (Å²) in [6.07, 6.45) is 3.21. The molecule has 0 atom stereocenters. The number of aromatic nitrogens is 3. The molecule has 9 nitrogen and oxygen atoms in total. The zero-order chi connectivity index (χ0) is 21.8. The SMILES string of the molecule is Cc1cc(N)nc(C)c1N(C)C(=O)c1cnn(Cc2ccc(OCC(=O)O)cc2)c1.